The highest BCUT2D eigenvalue weighted by Gasteiger charge is 2.18. The van der Waals surface area contributed by atoms with E-state index in [1.807, 2.05) is 31.2 Å². The average Bonchev–Trinajstić information content (AvgIpc) is 3.33. The molecular formula is C18H21N7O. The Hall–Kier alpha value is -3.16. The van der Waals surface area contributed by atoms with Crippen molar-refractivity contribution in [3.8, 4) is 0 Å². The molecule has 1 aliphatic carbocycles. The van der Waals surface area contributed by atoms with E-state index < -0.39 is 0 Å². The number of urea groups is 1. The molecule has 2 heterocycles. The van der Waals surface area contributed by atoms with Crippen molar-refractivity contribution in [3.63, 3.8) is 0 Å². The number of benzene rings is 1. The molecule has 0 saturated carbocycles. The molecule has 3 aromatic rings. The molecule has 4 N–H and O–H groups in total. The Bertz CT molecular complexity index is 910. The first kappa shape index (κ1) is 16.3. The van der Waals surface area contributed by atoms with Gasteiger partial charge in [-0.3, -0.25) is 10.2 Å². The van der Waals surface area contributed by atoms with Gasteiger partial charge in [-0.1, -0.05) is 12.1 Å². The summed E-state index contributed by atoms with van der Waals surface area (Å²) in [4.78, 5) is 16.4. The third-order valence-corrected chi connectivity index (χ3v) is 4.53. The molecule has 134 valence electrons. The van der Waals surface area contributed by atoms with Crippen molar-refractivity contribution in [1.29, 1.82) is 0 Å². The number of aryl methyl sites for hydroxylation is 2. The molecule has 1 aliphatic rings. The fourth-order valence-electron chi connectivity index (χ4n) is 3.23. The first-order valence-electron chi connectivity index (χ1n) is 8.74. The standard InChI is InChI=1S/C18H21N7O/c1-11-20-17(25-22-11)9-12-5-7-13(8-6-12)21-18(26)19-10-16-14-3-2-4-15(14)23-24-16/h5-8H,2-4,9-10H2,1H3,(H,23,24)(H2,19,21,26)(H,20,22,25). The number of hydrogen-bond donors (Lipinski definition) is 4. The summed E-state index contributed by atoms with van der Waals surface area (Å²) in [6, 6.07) is 7.43. The average molecular weight is 351 g/mol. The van der Waals surface area contributed by atoms with E-state index in [4.69, 9.17) is 0 Å². The Kier molecular flexibility index (Phi) is 4.39. The van der Waals surface area contributed by atoms with Crippen molar-refractivity contribution < 1.29 is 4.79 Å². The summed E-state index contributed by atoms with van der Waals surface area (Å²) in [5, 5.41) is 20.0. The van der Waals surface area contributed by atoms with Crippen LogP contribution in [0, 0.1) is 6.92 Å². The van der Waals surface area contributed by atoms with Crippen LogP contribution in [0.3, 0.4) is 0 Å². The lowest BCUT2D eigenvalue weighted by atomic mass is 10.1. The quantitative estimate of drug-likeness (QED) is 0.565. The van der Waals surface area contributed by atoms with Crippen molar-refractivity contribution in [1.82, 2.24) is 30.7 Å². The lowest BCUT2D eigenvalue weighted by Crippen LogP contribution is -2.28. The molecule has 0 radical (unpaired) electrons. The summed E-state index contributed by atoms with van der Waals surface area (Å²) in [5.41, 5.74) is 5.23. The maximum Gasteiger partial charge on any atom is 0.319 e. The highest BCUT2D eigenvalue weighted by Crippen LogP contribution is 2.22. The number of amides is 2. The summed E-state index contributed by atoms with van der Waals surface area (Å²) in [6.45, 7) is 2.30. The van der Waals surface area contributed by atoms with Gasteiger partial charge in [0.05, 0.1) is 12.2 Å². The number of rotatable bonds is 5. The van der Waals surface area contributed by atoms with E-state index in [0.717, 1.165) is 47.9 Å². The molecular weight excluding hydrogens is 330 g/mol. The molecule has 4 rings (SSSR count). The number of aromatic amines is 2. The zero-order valence-electron chi connectivity index (χ0n) is 14.6. The normalized spacial score (nSPS) is 12.8. The predicted octanol–water partition coefficient (Wildman–Crippen LogP) is 2.24. The van der Waals surface area contributed by atoms with Gasteiger partial charge < -0.3 is 10.6 Å². The van der Waals surface area contributed by atoms with Gasteiger partial charge in [0.1, 0.15) is 5.82 Å². The fraction of sp³-hybridized carbons (Fsp3) is 0.333. The van der Waals surface area contributed by atoms with Gasteiger partial charge in [0.15, 0.2) is 5.82 Å². The highest BCUT2D eigenvalue weighted by atomic mass is 16.2. The zero-order chi connectivity index (χ0) is 17.9. The second-order valence-electron chi connectivity index (χ2n) is 6.50. The molecule has 0 unspecified atom stereocenters. The number of nitrogens with zero attached hydrogens (tertiary/aromatic N) is 3. The Balaban J connectivity index is 1.30. The maximum atomic E-state index is 12.1. The first-order chi connectivity index (χ1) is 12.7. The predicted molar refractivity (Wildman–Crippen MR) is 96.8 cm³/mol. The third-order valence-electron chi connectivity index (χ3n) is 4.53. The molecule has 0 aliphatic heterocycles. The molecule has 1 aromatic carbocycles. The van der Waals surface area contributed by atoms with Crippen LogP contribution in [0.5, 0.6) is 0 Å². The second kappa shape index (κ2) is 6.99. The fourth-order valence-corrected chi connectivity index (χ4v) is 3.23. The van der Waals surface area contributed by atoms with Crippen LogP contribution in [-0.2, 0) is 25.8 Å². The third kappa shape index (κ3) is 3.58. The van der Waals surface area contributed by atoms with Gasteiger partial charge in [0.2, 0.25) is 0 Å². The van der Waals surface area contributed by atoms with Crippen molar-refractivity contribution in [2.45, 2.75) is 39.2 Å². The lowest BCUT2D eigenvalue weighted by Gasteiger charge is -2.08. The van der Waals surface area contributed by atoms with E-state index in [1.54, 1.807) is 0 Å². The molecule has 0 saturated heterocycles. The van der Waals surface area contributed by atoms with Gasteiger partial charge >= 0.3 is 6.03 Å². The van der Waals surface area contributed by atoms with Crippen LogP contribution in [0.1, 0.15) is 40.6 Å². The van der Waals surface area contributed by atoms with E-state index in [9.17, 15) is 4.79 Å². The molecule has 26 heavy (non-hydrogen) atoms. The number of aromatic nitrogens is 5. The van der Waals surface area contributed by atoms with E-state index >= 15 is 0 Å². The van der Waals surface area contributed by atoms with Crippen LogP contribution in [0.2, 0.25) is 0 Å². The van der Waals surface area contributed by atoms with Crippen LogP contribution in [0.25, 0.3) is 0 Å². The molecule has 8 nitrogen and oxygen atoms in total. The first-order valence-corrected chi connectivity index (χ1v) is 8.74. The summed E-state index contributed by atoms with van der Waals surface area (Å²) in [5.74, 6) is 1.56. The van der Waals surface area contributed by atoms with Crippen LogP contribution < -0.4 is 10.6 Å². The van der Waals surface area contributed by atoms with Crippen LogP contribution in [0.15, 0.2) is 24.3 Å². The van der Waals surface area contributed by atoms with Gasteiger partial charge in [0.25, 0.3) is 0 Å². The van der Waals surface area contributed by atoms with Gasteiger partial charge in [-0.2, -0.15) is 10.2 Å². The minimum Gasteiger partial charge on any atom is -0.332 e. The summed E-state index contributed by atoms with van der Waals surface area (Å²) >= 11 is 0. The van der Waals surface area contributed by atoms with Gasteiger partial charge in [0, 0.05) is 17.8 Å². The van der Waals surface area contributed by atoms with Crippen molar-refractivity contribution >= 4 is 11.7 Å². The number of nitrogens with one attached hydrogen (secondary N) is 4. The van der Waals surface area contributed by atoms with Crippen LogP contribution >= 0.6 is 0 Å². The van der Waals surface area contributed by atoms with E-state index in [0.29, 0.717) is 13.0 Å². The Morgan fingerprint density at radius 2 is 2.00 bits per heavy atom. The van der Waals surface area contributed by atoms with E-state index in [2.05, 4.69) is 36.0 Å². The van der Waals surface area contributed by atoms with E-state index in [1.165, 1.54) is 11.3 Å². The number of anilines is 1. The SMILES string of the molecule is Cc1nc(Cc2ccc(NC(=O)NCc3n[nH]c4c3CCC4)cc2)n[nH]1. The molecule has 0 atom stereocenters. The molecule has 2 aromatic heterocycles. The number of H-pyrrole nitrogens is 2. The van der Waals surface area contributed by atoms with Gasteiger partial charge in [-0.25, -0.2) is 9.78 Å². The molecule has 0 fully saturated rings. The zero-order valence-corrected chi connectivity index (χ0v) is 14.6. The summed E-state index contributed by atoms with van der Waals surface area (Å²) < 4.78 is 0. The Morgan fingerprint density at radius 3 is 2.77 bits per heavy atom. The number of carbonyl (C=O) groups excluding carboxylic acids is 1. The molecule has 8 heteroatoms. The largest absolute Gasteiger partial charge is 0.332 e. The van der Waals surface area contributed by atoms with Crippen molar-refractivity contribution in [2.75, 3.05) is 5.32 Å². The highest BCUT2D eigenvalue weighted by molar-refractivity contribution is 5.89. The van der Waals surface area contributed by atoms with Crippen molar-refractivity contribution in [3.05, 3.63) is 58.4 Å². The minimum atomic E-state index is -0.239. The van der Waals surface area contributed by atoms with Crippen LogP contribution in [-0.4, -0.2) is 31.4 Å². The Morgan fingerprint density at radius 1 is 1.15 bits per heavy atom. The topological polar surface area (TPSA) is 111 Å². The minimum absolute atomic E-state index is 0.239. The number of fused-ring (bicyclic) bond motifs is 1. The summed E-state index contributed by atoms with van der Waals surface area (Å²) in [6.07, 6.45) is 3.90. The molecule has 2 amide bonds. The monoisotopic (exact) mass is 351 g/mol. The van der Waals surface area contributed by atoms with Crippen molar-refractivity contribution in [2.24, 2.45) is 0 Å². The summed E-state index contributed by atoms with van der Waals surface area (Å²) in [7, 11) is 0. The van der Waals surface area contributed by atoms with Gasteiger partial charge in [-0.05, 0) is 49.4 Å². The smallest absolute Gasteiger partial charge is 0.319 e. The van der Waals surface area contributed by atoms with Crippen LogP contribution in [0.4, 0.5) is 10.5 Å². The second-order valence-corrected chi connectivity index (χ2v) is 6.50. The number of carbonyl (C=O) groups is 1. The Labute approximate surface area is 150 Å². The molecule has 0 spiro atoms. The maximum absolute atomic E-state index is 12.1. The lowest BCUT2D eigenvalue weighted by molar-refractivity contribution is 0.251. The molecule has 0 bridgehead atoms. The number of hydrogen-bond acceptors (Lipinski definition) is 4. The van der Waals surface area contributed by atoms with E-state index in [-0.39, 0.29) is 6.03 Å². The van der Waals surface area contributed by atoms with Gasteiger partial charge in [-0.15, -0.1) is 0 Å².